The number of anilines is 1. The zero-order valence-electron chi connectivity index (χ0n) is 8.58. The zero-order chi connectivity index (χ0) is 10.5. The molecule has 2 rings (SSSR count). The maximum absolute atomic E-state index is 8.42. The summed E-state index contributed by atoms with van der Waals surface area (Å²) >= 11 is 0. The van der Waals surface area contributed by atoms with Gasteiger partial charge in [-0.3, -0.25) is 0 Å². The van der Waals surface area contributed by atoms with E-state index in [9.17, 15) is 0 Å². The third-order valence-corrected chi connectivity index (χ3v) is 2.65. The molecule has 0 saturated carbocycles. The van der Waals surface area contributed by atoms with E-state index < -0.39 is 0 Å². The highest BCUT2D eigenvalue weighted by molar-refractivity contribution is 5.55. The first-order chi connectivity index (χ1) is 7.40. The quantitative estimate of drug-likeness (QED) is 0.341. The molecule has 1 N–H and O–H groups in total. The Bertz CT molecular complexity index is 318. The Kier molecular flexibility index (Phi) is 3.07. The number of para-hydroxylation sites is 1. The van der Waals surface area contributed by atoms with E-state index in [2.05, 4.69) is 34.3 Å². The highest BCUT2D eigenvalue weighted by Gasteiger charge is 2.14. The lowest BCUT2D eigenvalue weighted by molar-refractivity contribution is 0.302. The van der Waals surface area contributed by atoms with Crippen LogP contribution in [0.5, 0.6) is 0 Å². The number of piperazine rings is 1. The lowest BCUT2D eigenvalue weighted by atomic mass is 10.2. The molecule has 0 spiro atoms. The summed E-state index contributed by atoms with van der Waals surface area (Å²) in [6.45, 7) is 3.74. The van der Waals surface area contributed by atoms with Gasteiger partial charge in [0.15, 0.2) is 0 Å². The van der Waals surface area contributed by atoms with Gasteiger partial charge in [0.05, 0.1) is 0 Å². The summed E-state index contributed by atoms with van der Waals surface area (Å²) in [7, 11) is 0. The summed E-state index contributed by atoms with van der Waals surface area (Å²) in [5.74, 6) is 0. The monoisotopic (exact) mass is 205 g/mol. The molecule has 4 heteroatoms. The number of hydrogen-bond donors (Lipinski definition) is 1. The molecule has 4 nitrogen and oxygen atoms in total. The molecule has 0 bridgehead atoms. The standard InChI is InChI=1S/C11H15N3O/c15-12-10-13-6-8-14(9-7-13)11-4-2-1-3-5-11/h1-5,10,15H,6-9H2/b12-10-. The van der Waals surface area contributed by atoms with Crippen LogP contribution in [0, 0.1) is 0 Å². The molecule has 0 amide bonds. The van der Waals surface area contributed by atoms with Gasteiger partial charge in [0.25, 0.3) is 0 Å². The van der Waals surface area contributed by atoms with Crippen LogP contribution in [-0.4, -0.2) is 42.6 Å². The molecule has 1 saturated heterocycles. The molecule has 0 aromatic heterocycles. The third-order valence-electron chi connectivity index (χ3n) is 2.65. The summed E-state index contributed by atoms with van der Waals surface area (Å²) in [5, 5.41) is 11.5. The predicted octanol–water partition coefficient (Wildman–Crippen LogP) is 1.23. The van der Waals surface area contributed by atoms with Crippen molar-refractivity contribution in [3.05, 3.63) is 30.3 Å². The van der Waals surface area contributed by atoms with Crippen molar-refractivity contribution in [1.82, 2.24) is 4.90 Å². The van der Waals surface area contributed by atoms with Crippen molar-refractivity contribution in [2.75, 3.05) is 31.1 Å². The molecule has 15 heavy (non-hydrogen) atoms. The van der Waals surface area contributed by atoms with Gasteiger partial charge in [-0.2, -0.15) is 0 Å². The van der Waals surface area contributed by atoms with Gasteiger partial charge in [0.1, 0.15) is 6.34 Å². The predicted molar refractivity (Wildman–Crippen MR) is 60.5 cm³/mol. The Morgan fingerprint density at radius 2 is 1.73 bits per heavy atom. The molecule has 1 aliphatic rings. The van der Waals surface area contributed by atoms with Crippen LogP contribution in [0.25, 0.3) is 0 Å². The summed E-state index contributed by atoms with van der Waals surface area (Å²) in [4.78, 5) is 4.35. The molecule has 0 aliphatic carbocycles. The largest absolute Gasteiger partial charge is 0.410 e. The molecular weight excluding hydrogens is 190 g/mol. The van der Waals surface area contributed by atoms with Gasteiger partial charge in [0.2, 0.25) is 0 Å². The maximum atomic E-state index is 8.42. The van der Waals surface area contributed by atoms with Gasteiger partial charge in [-0.25, -0.2) is 0 Å². The van der Waals surface area contributed by atoms with Crippen LogP contribution in [-0.2, 0) is 0 Å². The highest BCUT2D eigenvalue weighted by atomic mass is 16.4. The second-order valence-corrected chi connectivity index (χ2v) is 3.59. The van der Waals surface area contributed by atoms with Crippen molar-refractivity contribution < 1.29 is 5.21 Å². The van der Waals surface area contributed by atoms with Crippen molar-refractivity contribution >= 4 is 12.0 Å². The van der Waals surface area contributed by atoms with E-state index >= 15 is 0 Å². The van der Waals surface area contributed by atoms with Crippen LogP contribution in [0.1, 0.15) is 0 Å². The molecule has 1 heterocycles. The SMILES string of the molecule is O/N=C\N1CCN(c2ccccc2)CC1. The maximum Gasteiger partial charge on any atom is 0.130 e. The normalized spacial score (nSPS) is 17.3. The van der Waals surface area contributed by atoms with E-state index in [1.165, 1.54) is 12.0 Å². The van der Waals surface area contributed by atoms with Gasteiger partial charge in [-0.15, -0.1) is 0 Å². The van der Waals surface area contributed by atoms with Crippen LogP contribution in [0.3, 0.4) is 0 Å². The smallest absolute Gasteiger partial charge is 0.130 e. The van der Waals surface area contributed by atoms with Crippen LogP contribution >= 0.6 is 0 Å². The van der Waals surface area contributed by atoms with Gasteiger partial charge in [0, 0.05) is 31.9 Å². The van der Waals surface area contributed by atoms with Gasteiger partial charge in [-0.05, 0) is 12.1 Å². The summed E-state index contributed by atoms with van der Waals surface area (Å²) in [5.41, 5.74) is 1.26. The fourth-order valence-corrected chi connectivity index (χ4v) is 1.81. The molecule has 80 valence electrons. The highest BCUT2D eigenvalue weighted by Crippen LogP contribution is 2.14. The van der Waals surface area contributed by atoms with Crippen molar-refractivity contribution in [2.24, 2.45) is 5.16 Å². The third kappa shape index (κ3) is 2.40. The van der Waals surface area contributed by atoms with Gasteiger partial charge in [-0.1, -0.05) is 23.4 Å². The average molecular weight is 205 g/mol. The average Bonchev–Trinajstić information content (AvgIpc) is 2.32. The zero-order valence-corrected chi connectivity index (χ0v) is 8.58. The number of hydrogen-bond acceptors (Lipinski definition) is 3. The van der Waals surface area contributed by atoms with Crippen molar-refractivity contribution in [2.45, 2.75) is 0 Å². The Morgan fingerprint density at radius 3 is 2.33 bits per heavy atom. The Hall–Kier alpha value is -1.71. The molecule has 1 fully saturated rings. The molecule has 1 aromatic carbocycles. The van der Waals surface area contributed by atoms with Crippen LogP contribution in [0.2, 0.25) is 0 Å². The van der Waals surface area contributed by atoms with E-state index in [1.807, 2.05) is 11.0 Å². The fraction of sp³-hybridized carbons (Fsp3) is 0.364. The molecule has 0 radical (unpaired) electrons. The number of benzene rings is 1. The molecule has 1 aromatic rings. The summed E-state index contributed by atoms with van der Waals surface area (Å²) in [6, 6.07) is 10.4. The van der Waals surface area contributed by atoms with Crippen molar-refractivity contribution in [1.29, 1.82) is 0 Å². The Balaban J connectivity index is 1.94. The number of rotatable bonds is 2. The van der Waals surface area contributed by atoms with E-state index in [-0.39, 0.29) is 0 Å². The van der Waals surface area contributed by atoms with Crippen LogP contribution in [0.15, 0.2) is 35.5 Å². The molecule has 1 aliphatic heterocycles. The second-order valence-electron chi connectivity index (χ2n) is 3.59. The van der Waals surface area contributed by atoms with Crippen LogP contribution in [0.4, 0.5) is 5.69 Å². The van der Waals surface area contributed by atoms with E-state index in [4.69, 9.17) is 5.21 Å². The summed E-state index contributed by atoms with van der Waals surface area (Å²) in [6.07, 6.45) is 1.49. The molecule has 0 unspecified atom stereocenters. The minimum Gasteiger partial charge on any atom is -0.410 e. The lowest BCUT2D eigenvalue weighted by Gasteiger charge is -2.34. The number of nitrogens with zero attached hydrogens (tertiary/aromatic N) is 3. The minimum atomic E-state index is 0.902. The van der Waals surface area contributed by atoms with Crippen molar-refractivity contribution in [3.8, 4) is 0 Å². The van der Waals surface area contributed by atoms with E-state index in [0.717, 1.165) is 26.2 Å². The van der Waals surface area contributed by atoms with E-state index in [0.29, 0.717) is 0 Å². The first-order valence-corrected chi connectivity index (χ1v) is 5.12. The van der Waals surface area contributed by atoms with Gasteiger partial charge < -0.3 is 15.0 Å². The van der Waals surface area contributed by atoms with Gasteiger partial charge >= 0.3 is 0 Å². The minimum absolute atomic E-state index is 0.902. The molecular formula is C11H15N3O. The van der Waals surface area contributed by atoms with Crippen LogP contribution < -0.4 is 4.90 Å². The lowest BCUT2D eigenvalue weighted by Crippen LogP contribution is -2.45. The molecule has 0 atom stereocenters. The number of oxime groups is 1. The first kappa shape index (κ1) is 9.83. The first-order valence-electron chi connectivity index (χ1n) is 5.12. The van der Waals surface area contributed by atoms with Crippen molar-refractivity contribution in [3.63, 3.8) is 0 Å². The van der Waals surface area contributed by atoms with E-state index in [1.54, 1.807) is 0 Å². The topological polar surface area (TPSA) is 39.1 Å². The summed E-state index contributed by atoms with van der Waals surface area (Å²) < 4.78 is 0. The Morgan fingerprint density at radius 1 is 1.07 bits per heavy atom. The second kappa shape index (κ2) is 4.68. The Labute approximate surface area is 89.4 Å². The fourth-order valence-electron chi connectivity index (χ4n) is 1.81.